The van der Waals surface area contributed by atoms with Gasteiger partial charge in [0.05, 0.1) is 0 Å². The Morgan fingerprint density at radius 1 is 1.11 bits per heavy atom. The van der Waals surface area contributed by atoms with Crippen molar-refractivity contribution in [3.05, 3.63) is 17.0 Å². The van der Waals surface area contributed by atoms with E-state index in [0.29, 0.717) is 0 Å². The highest BCUT2D eigenvalue weighted by atomic mass is 19.4. The summed E-state index contributed by atoms with van der Waals surface area (Å²) in [4.78, 5) is 0. The van der Waals surface area contributed by atoms with Crippen molar-refractivity contribution in [3.8, 4) is 11.8 Å². The highest BCUT2D eigenvalue weighted by Gasteiger charge is 2.45. The molecule has 1 rings (SSSR count). The van der Waals surface area contributed by atoms with Gasteiger partial charge in [-0.25, -0.2) is 0 Å². The van der Waals surface area contributed by atoms with E-state index in [-0.39, 0.29) is 11.1 Å². The molecule has 0 bridgehead atoms. The fourth-order valence-electron chi connectivity index (χ4n) is 1.70. The fourth-order valence-corrected chi connectivity index (χ4v) is 1.70. The molecule has 0 saturated heterocycles. The largest absolute Gasteiger partial charge is 0.435 e. The first kappa shape index (κ1) is 15.4. The molecule has 19 heavy (non-hydrogen) atoms. The van der Waals surface area contributed by atoms with Crippen LogP contribution >= 0.6 is 0 Å². The minimum atomic E-state index is -4.92. The van der Waals surface area contributed by atoms with Crippen LogP contribution in [0.3, 0.4) is 0 Å². The van der Waals surface area contributed by atoms with Crippen molar-refractivity contribution in [2.45, 2.75) is 32.1 Å². The molecular formula is C11H10F6N2. The molecule has 2 nitrogen and oxygen atoms in total. The summed E-state index contributed by atoms with van der Waals surface area (Å²) < 4.78 is 76.5. The summed E-state index contributed by atoms with van der Waals surface area (Å²) in [7, 11) is 0.840. The van der Waals surface area contributed by atoms with Crippen molar-refractivity contribution in [1.29, 1.82) is 0 Å². The van der Waals surface area contributed by atoms with Gasteiger partial charge in [0.2, 0.25) is 0 Å². The van der Waals surface area contributed by atoms with E-state index in [4.69, 9.17) is 0 Å². The van der Waals surface area contributed by atoms with Crippen LogP contribution in [0.25, 0.3) is 0 Å². The van der Waals surface area contributed by atoms with Gasteiger partial charge < -0.3 is 0 Å². The van der Waals surface area contributed by atoms with Crippen molar-refractivity contribution in [2.75, 3.05) is 0 Å². The van der Waals surface area contributed by atoms with Crippen molar-refractivity contribution < 1.29 is 26.3 Å². The standard InChI is InChI=1S/C11H10F6N2/c1-3-4-5-6-7-8(10(12,13)14)18-19(2)9(7)11(15,16)17/h5-6H2,1-2H3. The second kappa shape index (κ2) is 5.15. The van der Waals surface area contributed by atoms with Crippen LogP contribution in [0.15, 0.2) is 0 Å². The molecular weight excluding hydrogens is 274 g/mol. The molecule has 0 aliphatic carbocycles. The predicted molar refractivity (Wildman–Crippen MR) is 55.0 cm³/mol. The third-order valence-corrected chi connectivity index (χ3v) is 2.36. The van der Waals surface area contributed by atoms with Crippen LogP contribution in [0.1, 0.15) is 30.3 Å². The maximum Gasteiger partial charge on any atom is 0.435 e. The van der Waals surface area contributed by atoms with Gasteiger partial charge in [-0.2, -0.15) is 31.4 Å². The number of alkyl halides is 6. The highest BCUT2D eigenvalue weighted by Crippen LogP contribution is 2.39. The molecule has 0 spiro atoms. The molecule has 0 radical (unpaired) electrons. The summed E-state index contributed by atoms with van der Waals surface area (Å²) in [6.07, 6.45) is -10.3. The topological polar surface area (TPSA) is 17.8 Å². The first-order valence-corrected chi connectivity index (χ1v) is 5.19. The Kier molecular flexibility index (Phi) is 4.18. The van der Waals surface area contributed by atoms with Crippen molar-refractivity contribution in [3.63, 3.8) is 0 Å². The molecule has 0 fully saturated rings. The molecule has 8 heteroatoms. The molecule has 0 aliphatic rings. The first-order chi connectivity index (χ1) is 8.59. The maximum atomic E-state index is 12.8. The fraction of sp³-hybridized carbons (Fsp3) is 0.545. The van der Waals surface area contributed by atoms with Gasteiger partial charge in [0, 0.05) is 19.0 Å². The molecule has 1 heterocycles. The lowest BCUT2D eigenvalue weighted by Gasteiger charge is -2.10. The zero-order chi connectivity index (χ0) is 14.8. The Morgan fingerprint density at radius 2 is 1.68 bits per heavy atom. The summed E-state index contributed by atoms with van der Waals surface area (Å²) in [6, 6.07) is 0. The van der Waals surface area contributed by atoms with Gasteiger partial charge in [-0.3, -0.25) is 4.68 Å². The number of halogens is 6. The van der Waals surface area contributed by atoms with Gasteiger partial charge in [-0.15, -0.1) is 11.8 Å². The van der Waals surface area contributed by atoms with E-state index in [1.165, 1.54) is 6.92 Å². The van der Waals surface area contributed by atoms with Crippen LogP contribution in [0.2, 0.25) is 0 Å². The van der Waals surface area contributed by atoms with Crippen LogP contribution in [0.5, 0.6) is 0 Å². The Morgan fingerprint density at radius 3 is 2.11 bits per heavy atom. The lowest BCUT2D eigenvalue weighted by atomic mass is 10.1. The molecule has 0 amide bonds. The Bertz CT molecular complexity index is 512. The Hall–Kier alpha value is -1.65. The van der Waals surface area contributed by atoms with Gasteiger partial charge >= 0.3 is 12.4 Å². The van der Waals surface area contributed by atoms with Gasteiger partial charge in [0.15, 0.2) is 5.69 Å². The van der Waals surface area contributed by atoms with Gasteiger partial charge in [0.1, 0.15) is 5.69 Å². The smallest absolute Gasteiger partial charge is 0.263 e. The molecule has 1 aromatic heterocycles. The number of aromatic nitrogens is 2. The predicted octanol–water partition coefficient (Wildman–Crippen LogP) is 3.41. The molecule has 0 saturated carbocycles. The average Bonchev–Trinajstić information content (AvgIpc) is 2.54. The SMILES string of the molecule is CC#CCCc1c(C(F)(F)F)nn(C)c1C(F)(F)F. The minimum Gasteiger partial charge on any atom is -0.263 e. The third-order valence-electron chi connectivity index (χ3n) is 2.36. The summed E-state index contributed by atoms with van der Waals surface area (Å²) in [5.41, 5.74) is -3.73. The lowest BCUT2D eigenvalue weighted by Crippen LogP contribution is -2.14. The van der Waals surface area contributed by atoms with Crippen LogP contribution < -0.4 is 0 Å². The number of hydrogen-bond acceptors (Lipinski definition) is 1. The number of rotatable bonds is 2. The van der Waals surface area contributed by atoms with Crippen LogP contribution in [-0.2, 0) is 25.8 Å². The quantitative estimate of drug-likeness (QED) is 0.601. The van der Waals surface area contributed by atoms with E-state index >= 15 is 0 Å². The maximum absolute atomic E-state index is 12.8. The molecule has 1 aromatic rings. The van der Waals surface area contributed by atoms with E-state index in [2.05, 4.69) is 16.9 Å². The van der Waals surface area contributed by atoms with Crippen LogP contribution in [0.4, 0.5) is 26.3 Å². The number of aryl methyl sites for hydroxylation is 1. The number of nitrogens with zero attached hydrogens (tertiary/aromatic N) is 2. The van der Waals surface area contributed by atoms with Gasteiger partial charge in [-0.05, 0) is 13.3 Å². The Labute approximate surface area is 105 Å². The third kappa shape index (κ3) is 3.43. The number of hydrogen-bond donors (Lipinski definition) is 0. The summed E-state index contributed by atoms with van der Waals surface area (Å²) in [5.74, 6) is 4.86. The van der Waals surface area contributed by atoms with E-state index in [9.17, 15) is 26.3 Å². The average molecular weight is 284 g/mol. The summed E-state index contributed by atoms with van der Waals surface area (Å²) >= 11 is 0. The van der Waals surface area contributed by atoms with Crippen molar-refractivity contribution in [2.24, 2.45) is 7.05 Å². The molecule has 106 valence electrons. The van der Waals surface area contributed by atoms with E-state index < -0.39 is 35.7 Å². The zero-order valence-corrected chi connectivity index (χ0v) is 10.1. The summed E-state index contributed by atoms with van der Waals surface area (Å²) in [6.45, 7) is 1.46. The first-order valence-electron chi connectivity index (χ1n) is 5.19. The molecule has 0 atom stereocenters. The normalized spacial score (nSPS) is 12.2. The van der Waals surface area contributed by atoms with E-state index in [1.54, 1.807) is 0 Å². The minimum absolute atomic E-state index is 0.0889. The zero-order valence-electron chi connectivity index (χ0n) is 10.1. The van der Waals surface area contributed by atoms with Crippen LogP contribution in [0, 0.1) is 11.8 Å². The second-order valence-corrected chi connectivity index (χ2v) is 3.72. The van der Waals surface area contributed by atoms with Crippen LogP contribution in [-0.4, -0.2) is 9.78 Å². The molecule has 0 N–H and O–H groups in total. The van der Waals surface area contributed by atoms with Crippen molar-refractivity contribution in [1.82, 2.24) is 9.78 Å². The van der Waals surface area contributed by atoms with E-state index in [1.807, 2.05) is 0 Å². The monoisotopic (exact) mass is 284 g/mol. The summed E-state index contributed by atoms with van der Waals surface area (Å²) in [5, 5.41) is 2.95. The molecule has 0 unspecified atom stereocenters. The van der Waals surface area contributed by atoms with Gasteiger partial charge in [0.25, 0.3) is 0 Å². The van der Waals surface area contributed by atoms with Gasteiger partial charge in [-0.1, -0.05) is 0 Å². The Balaban J connectivity index is 3.37. The molecule has 0 aromatic carbocycles. The molecule has 0 aliphatic heterocycles. The van der Waals surface area contributed by atoms with Crippen molar-refractivity contribution >= 4 is 0 Å². The highest BCUT2D eigenvalue weighted by molar-refractivity contribution is 5.31. The van der Waals surface area contributed by atoms with E-state index in [0.717, 1.165) is 7.05 Å². The second-order valence-electron chi connectivity index (χ2n) is 3.72. The lowest BCUT2D eigenvalue weighted by molar-refractivity contribution is -0.145.